The Labute approximate surface area is 125 Å². The van der Waals surface area contributed by atoms with Crippen LogP contribution in [0.3, 0.4) is 0 Å². The first-order valence-corrected chi connectivity index (χ1v) is 8.40. The third-order valence-corrected chi connectivity index (χ3v) is 5.95. The van der Waals surface area contributed by atoms with Crippen molar-refractivity contribution in [2.75, 3.05) is 19.6 Å². The van der Waals surface area contributed by atoms with Crippen LogP contribution in [0.1, 0.15) is 35.3 Å². The van der Waals surface area contributed by atoms with E-state index in [2.05, 4.69) is 0 Å². The standard InChI is InChI=1S/C14H20N2O4S/c1-3-15(4-2)21(19,20)16-9-8-12-11(10-16)6-5-7-13(12)14(17)18/h5-7H,3-4,8-10H2,1-2H3,(H,17,18). The number of carbonyl (C=O) groups is 1. The first-order chi connectivity index (χ1) is 9.91. The first-order valence-electron chi connectivity index (χ1n) is 7.01. The fourth-order valence-electron chi connectivity index (χ4n) is 2.69. The van der Waals surface area contributed by atoms with Gasteiger partial charge in [0.2, 0.25) is 0 Å². The van der Waals surface area contributed by atoms with Crippen LogP contribution >= 0.6 is 0 Å². The highest BCUT2D eigenvalue weighted by Crippen LogP contribution is 2.25. The lowest BCUT2D eigenvalue weighted by Crippen LogP contribution is -2.45. The molecule has 116 valence electrons. The molecular formula is C14H20N2O4S. The third-order valence-electron chi connectivity index (χ3n) is 3.82. The maximum Gasteiger partial charge on any atom is 0.335 e. The summed E-state index contributed by atoms with van der Waals surface area (Å²) in [7, 11) is -3.48. The number of fused-ring (bicyclic) bond motifs is 1. The first kappa shape index (κ1) is 15.9. The molecule has 0 fully saturated rings. The van der Waals surface area contributed by atoms with Gasteiger partial charge in [0, 0.05) is 26.2 Å². The Morgan fingerprint density at radius 2 is 2.00 bits per heavy atom. The second-order valence-corrected chi connectivity index (χ2v) is 6.85. The quantitative estimate of drug-likeness (QED) is 0.889. The molecule has 1 N–H and O–H groups in total. The van der Waals surface area contributed by atoms with Crippen LogP contribution in [-0.4, -0.2) is 47.7 Å². The second-order valence-electron chi connectivity index (χ2n) is 4.92. The topological polar surface area (TPSA) is 77.9 Å². The van der Waals surface area contributed by atoms with E-state index in [1.165, 1.54) is 8.61 Å². The molecule has 0 spiro atoms. The Balaban J connectivity index is 2.32. The summed E-state index contributed by atoms with van der Waals surface area (Å²) in [5.74, 6) is -0.966. The minimum absolute atomic E-state index is 0.231. The van der Waals surface area contributed by atoms with Gasteiger partial charge in [0.25, 0.3) is 10.2 Å². The van der Waals surface area contributed by atoms with Crippen LogP contribution in [0, 0.1) is 0 Å². The highest BCUT2D eigenvalue weighted by molar-refractivity contribution is 7.86. The number of hydrogen-bond acceptors (Lipinski definition) is 3. The molecule has 1 heterocycles. The van der Waals surface area contributed by atoms with Gasteiger partial charge in [0.1, 0.15) is 0 Å². The van der Waals surface area contributed by atoms with E-state index in [4.69, 9.17) is 0 Å². The molecule has 0 saturated carbocycles. The zero-order chi connectivity index (χ0) is 15.6. The molecule has 7 heteroatoms. The lowest BCUT2D eigenvalue weighted by molar-refractivity contribution is 0.0695. The van der Waals surface area contributed by atoms with Crippen LogP contribution in [-0.2, 0) is 23.2 Å². The van der Waals surface area contributed by atoms with Gasteiger partial charge in [-0.3, -0.25) is 0 Å². The van der Waals surface area contributed by atoms with Crippen molar-refractivity contribution in [2.45, 2.75) is 26.8 Å². The Bertz CT molecular complexity index is 638. The summed E-state index contributed by atoms with van der Waals surface area (Å²) in [5, 5.41) is 9.19. The summed E-state index contributed by atoms with van der Waals surface area (Å²) in [4.78, 5) is 11.2. The monoisotopic (exact) mass is 312 g/mol. The van der Waals surface area contributed by atoms with E-state index in [0.717, 1.165) is 11.1 Å². The van der Waals surface area contributed by atoms with Crippen molar-refractivity contribution in [3.05, 3.63) is 34.9 Å². The van der Waals surface area contributed by atoms with Gasteiger partial charge in [-0.1, -0.05) is 26.0 Å². The zero-order valence-electron chi connectivity index (χ0n) is 12.2. The maximum atomic E-state index is 12.5. The number of carboxylic acid groups (broad SMARTS) is 1. The van der Waals surface area contributed by atoms with Crippen LogP contribution in [0.4, 0.5) is 0 Å². The van der Waals surface area contributed by atoms with E-state index < -0.39 is 16.2 Å². The summed E-state index contributed by atoms with van der Waals surface area (Å²) < 4.78 is 27.9. The van der Waals surface area contributed by atoms with E-state index in [1.807, 2.05) is 13.8 Å². The largest absolute Gasteiger partial charge is 0.478 e. The van der Waals surface area contributed by atoms with E-state index in [0.29, 0.717) is 26.1 Å². The summed E-state index contributed by atoms with van der Waals surface area (Å²) in [6.07, 6.45) is 0.429. The second kappa shape index (κ2) is 6.13. The van der Waals surface area contributed by atoms with Crippen molar-refractivity contribution in [3.8, 4) is 0 Å². The molecule has 1 aliphatic heterocycles. The molecule has 0 saturated heterocycles. The van der Waals surface area contributed by atoms with Crippen molar-refractivity contribution in [3.63, 3.8) is 0 Å². The number of benzene rings is 1. The Kier molecular flexibility index (Phi) is 4.65. The molecule has 0 aliphatic carbocycles. The van der Waals surface area contributed by atoms with Gasteiger partial charge in [-0.2, -0.15) is 17.0 Å². The molecule has 2 rings (SSSR count). The Morgan fingerprint density at radius 1 is 1.33 bits per heavy atom. The molecule has 1 aromatic carbocycles. The van der Waals surface area contributed by atoms with E-state index >= 15 is 0 Å². The molecule has 0 amide bonds. The molecule has 0 atom stereocenters. The van der Waals surface area contributed by atoms with Gasteiger partial charge >= 0.3 is 5.97 Å². The Hall–Kier alpha value is -1.44. The molecule has 0 radical (unpaired) electrons. The van der Waals surface area contributed by atoms with Crippen LogP contribution in [0.2, 0.25) is 0 Å². The molecule has 0 aromatic heterocycles. The normalized spacial score (nSPS) is 16.0. The molecule has 0 unspecified atom stereocenters. The van der Waals surface area contributed by atoms with Gasteiger partial charge in [0.15, 0.2) is 0 Å². The molecular weight excluding hydrogens is 292 g/mol. The van der Waals surface area contributed by atoms with Crippen molar-refractivity contribution < 1.29 is 18.3 Å². The van der Waals surface area contributed by atoms with Crippen molar-refractivity contribution >= 4 is 16.2 Å². The van der Waals surface area contributed by atoms with Gasteiger partial charge in [-0.15, -0.1) is 0 Å². The van der Waals surface area contributed by atoms with Gasteiger partial charge in [-0.05, 0) is 23.6 Å². The average molecular weight is 312 g/mol. The molecule has 6 nitrogen and oxygen atoms in total. The fraction of sp³-hybridized carbons (Fsp3) is 0.500. The SMILES string of the molecule is CCN(CC)S(=O)(=O)N1CCc2c(cccc2C(=O)O)C1. The number of aromatic carboxylic acids is 1. The molecule has 21 heavy (non-hydrogen) atoms. The van der Waals surface area contributed by atoms with Gasteiger partial charge < -0.3 is 5.11 Å². The summed E-state index contributed by atoms with van der Waals surface area (Å²) in [6, 6.07) is 5.03. The predicted molar refractivity (Wildman–Crippen MR) is 79.4 cm³/mol. The minimum atomic E-state index is -3.48. The maximum absolute atomic E-state index is 12.5. The molecule has 1 aromatic rings. The minimum Gasteiger partial charge on any atom is -0.478 e. The number of carboxylic acids is 1. The number of nitrogens with zero attached hydrogens (tertiary/aromatic N) is 2. The predicted octanol–water partition coefficient (Wildman–Crippen LogP) is 1.33. The fourth-order valence-corrected chi connectivity index (χ4v) is 4.30. The highest BCUT2D eigenvalue weighted by atomic mass is 32.2. The summed E-state index contributed by atoms with van der Waals surface area (Å²) in [5.41, 5.74) is 1.79. The smallest absolute Gasteiger partial charge is 0.335 e. The van der Waals surface area contributed by atoms with Crippen LogP contribution < -0.4 is 0 Å². The van der Waals surface area contributed by atoms with E-state index in [1.54, 1.807) is 18.2 Å². The molecule has 0 bridgehead atoms. The van der Waals surface area contributed by atoms with Crippen LogP contribution in [0.15, 0.2) is 18.2 Å². The summed E-state index contributed by atoms with van der Waals surface area (Å²) >= 11 is 0. The Morgan fingerprint density at radius 3 is 2.57 bits per heavy atom. The van der Waals surface area contributed by atoms with E-state index in [9.17, 15) is 18.3 Å². The summed E-state index contributed by atoms with van der Waals surface area (Å²) in [6.45, 7) is 5.02. The third kappa shape index (κ3) is 2.95. The van der Waals surface area contributed by atoms with Gasteiger partial charge in [0.05, 0.1) is 5.56 Å². The van der Waals surface area contributed by atoms with E-state index in [-0.39, 0.29) is 12.1 Å². The number of rotatable bonds is 5. The van der Waals surface area contributed by atoms with Crippen molar-refractivity contribution in [1.29, 1.82) is 0 Å². The van der Waals surface area contributed by atoms with Crippen molar-refractivity contribution in [2.24, 2.45) is 0 Å². The lowest BCUT2D eigenvalue weighted by atomic mass is 9.95. The van der Waals surface area contributed by atoms with Gasteiger partial charge in [-0.25, -0.2) is 4.79 Å². The van der Waals surface area contributed by atoms with Crippen LogP contribution in [0.25, 0.3) is 0 Å². The van der Waals surface area contributed by atoms with Crippen molar-refractivity contribution in [1.82, 2.24) is 8.61 Å². The average Bonchev–Trinajstić information content (AvgIpc) is 2.46. The highest BCUT2D eigenvalue weighted by Gasteiger charge is 2.31. The number of hydrogen-bond donors (Lipinski definition) is 1. The zero-order valence-corrected chi connectivity index (χ0v) is 13.1. The van der Waals surface area contributed by atoms with Crippen LogP contribution in [0.5, 0.6) is 0 Å². The lowest BCUT2D eigenvalue weighted by Gasteiger charge is -2.32. The molecule has 1 aliphatic rings.